The molecule has 0 saturated heterocycles. The van der Waals surface area contributed by atoms with Crippen molar-refractivity contribution in [1.29, 1.82) is 0 Å². The molecule has 0 bridgehead atoms. The van der Waals surface area contributed by atoms with Crippen LogP contribution in [0.3, 0.4) is 0 Å². The quantitative estimate of drug-likeness (QED) is 0.0368. The SMILES string of the molecule is COCCOCCC1(C)\C(=C/C=C/C=C/C2=[N+](CCCS(=O)(=O)O)c3ccc4c(S(=O)(=O)[O-])cc(S(=O)(=O)[O-])cc4c3C2(C)CCCS(=O)(=O)[O-])N(CCCCCC(=O)O)c2ccc3c(S(=O)(=O)[O-])cc(S(=O)(=O)[O-])cc3c21. The van der Waals surface area contributed by atoms with Crippen LogP contribution in [0, 0.1) is 0 Å². The van der Waals surface area contributed by atoms with Gasteiger partial charge in [0.05, 0.1) is 54.1 Å². The number of hydrogen-bond donors (Lipinski definition) is 2. The number of ether oxygens (including phenoxy) is 2. The number of anilines is 1. The van der Waals surface area contributed by atoms with E-state index in [0.717, 1.165) is 12.1 Å². The van der Waals surface area contributed by atoms with E-state index in [9.17, 15) is 87.7 Å². The highest BCUT2D eigenvalue weighted by atomic mass is 32.2. The van der Waals surface area contributed by atoms with Crippen molar-refractivity contribution in [3.8, 4) is 0 Å². The summed E-state index contributed by atoms with van der Waals surface area (Å²) in [5, 5.41) is 8.50. The van der Waals surface area contributed by atoms with E-state index < -0.39 is 109 Å². The van der Waals surface area contributed by atoms with Gasteiger partial charge in [0.25, 0.3) is 10.1 Å². The second kappa shape index (κ2) is 23.6. The molecule has 428 valence electrons. The molecule has 0 saturated carbocycles. The second-order valence-electron chi connectivity index (χ2n) is 19.0. The van der Waals surface area contributed by atoms with Crippen LogP contribution in [0.1, 0.15) is 76.3 Å². The van der Waals surface area contributed by atoms with E-state index in [1.54, 1.807) is 19.1 Å². The van der Waals surface area contributed by atoms with Crippen molar-refractivity contribution in [2.24, 2.45) is 0 Å². The highest BCUT2D eigenvalue weighted by Crippen LogP contribution is 2.54. The molecule has 4 aromatic carbocycles. The Morgan fingerprint density at radius 3 is 1.77 bits per heavy atom. The number of allylic oxidation sites excluding steroid dienone is 6. The smallest absolute Gasteiger partial charge is 0.303 e. The minimum atomic E-state index is -5.49. The van der Waals surface area contributed by atoms with Gasteiger partial charge in [-0.1, -0.05) is 30.7 Å². The Hall–Kier alpha value is -5.06. The van der Waals surface area contributed by atoms with Crippen LogP contribution in [0.25, 0.3) is 21.5 Å². The van der Waals surface area contributed by atoms with E-state index in [2.05, 4.69) is 0 Å². The van der Waals surface area contributed by atoms with Gasteiger partial charge in [0, 0.05) is 78.7 Å². The Bertz CT molecular complexity index is 3870. The fourth-order valence-electron chi connectivity index (χ4n) is 10.3. The topological polar surface area (TPSA) is 402 Å². The van der Waals surface area contributed by atoms with Gasteiger partial charge in [-0.2, -0.15) is 13.0 Å². The Labute approximate surface area is 452 Å². The highest BCUT2D eigenvalue weighted by Gasteiger charge is 2.49. The first-order chi connectivity index (χ1) is 36.0. The predicted molar refractivity (Wildman–Crippen MR) is 276 cm³/mol. The van der Waals surface area contributed by atoms with Gasteiger partial charge in [-0.25, -0.2) is 42.1 Å². The summed E-state index contributed by atoms with van der Waals surface area (Å²) in [5.41, 5.74) is -1.16. The van der Waals surface area contributed by atoms with E-state index >= 15 is 0 Å². The van der Waals surface area contributed by atoms with Crippen LogP contribution < -0.4 is 4.90 Å². The molecule has 78 heavy (non-hydrogen) atoms. The van der Waals surface area contributed by atoms with Crippen molar-refractivity contribution in [2.45, 2.75) is 95.6 Å². The van der Waals surface area contributed by atoms with Crippen molar-refractivity contribution in [3.63, 3.8) is 0 Å². The third-order valence-corrected chi connectivity index (χ3v) is 18.6. The second-order valence-corrected chi connectivity index (χ2v) is 27.5. The fourth-order valence-corrected chi connectivity index (χ4v) is 13.9. The highest BCUT2D eigenvalue weighted by molar-refractivity contribution is 7.87. The molecule has 0 aliphatic carbocycles. The van der Waals surface area contributed by atoms with Crippen LogP contribution in [0.4, 0.5) is 11.4 Å². The van der Waals surface area contributed by atoms with Gasteiger partial charge in [0.2, 0.25) is 5.69 Å². The standard InChI is InChI=1S/C48H58N2O22S6/c1-47(19-10-26-73(53,54)55)42(50(22-11-27-74(56,57)58)38-17-15-34-36(45(38)47)28-32(75(59,60)61)30-40(34)77(65,66)67)12-6-4-7-13-43-48(2,20-23-72-25-24-71-3)46-37-29-33(76(62,63)64)31-41(78(68,69)70)35(37)16-18-39(46)49(43)21-9-5-8-14-44(51)52/h4,6-7,12-13,15-18,28-31H,5,8-11,14,19-27H2,1-3H3,(H6-,51,52,53,54,55,56,57,58,59,60,61,62,63,64,65,66,67,68,69,70)/p-4. The number of benzene rings is 4. The largest absolute Gasteiger partial charge is 0.748 e. The molecular weight excluding hydrogens is 1150 g/mol. The van der Waals surface area contributed by atoms with Crippen molar-refractivity contribution < 1.29 is 102 Å². The summed E-state index contributed by atoms with van der Waals surface area (Å²) in [6.07, 6.45) is 7.90. The summed E-state index contributed by atoms with van der Waals surface area (Å²) in [6, 6.07) is 8.11. The van der Waals surface area contributed by atoms with Gasteiger partial charge in [-0.15, -0.1) is 0 Å². The molecule has 6 rings (SSSR count). The average molecular weight is 1200 g/mol. The third-order valence-electron chi connectivity index (χ3n) is 13.6. The zero-order valence-electron chi connectivity index (χ0n) is 42.0. The number of hydrogen-bond acceptors (Lipinski definition) is 21. The monoisotopic (exact) mass is 1200 g/mol. The number of carbonyl (C=O) groups is 1. The Morgan fingerprint density at radius 2 is 1.23 bits per heavy atom. The maximum Gasteiger partial charge on any atom is 0.303 e. The first-order valence-corrected chi connectivity index (χ1v) is 32.6. The molecule has 0 aromatic heterocycles. The summed E-state index contributed by atoms with van der Waals surface area (Å²) in [7, 11) is -29.7. The number of carboxylic acid groups (broad SMARTS) is 1. The molecule has 4 aromatic rings. The van der Waals surface area contributed by atoms with E-state index in [1.165, 1.54) is 61.1 Å². The lowest BCUT2D eigenvalue weighted by molar-refractivity contribution is -0.437. The molecule has 2 aliphatic rings. The Morgan fingerprint density at radius 1 is 0.641 bits per heavy atom. The van der Waals surface area contributed by atoms with E-state index in [4.69, 9.17) is 9.47 Å². The van der Waals surface area contributed by atoms with Crippen LogP contribution in [0.15, 0.2) is 104 Å². The number of unbranched alkanes of at least 4 members (excludes halogenated alkanes) is 2. The van der Waals surface area contributed by atoms with Crippen molar-refractivity contribution in [1.82, 2.24) is 0 Å². The summed E-state index contributed by atoms with van der Waals surface area (Å²) >= 11 is 0. The van der Waals surface area contributed by atoms with Gasteiger partial charge < -0.3 is 42.2 Å². The lowest BCUT2D eigenvalue weighted by Gasteiger charge is -2.31. The first-order valence-electron chi connectivity index (χ1n) is 23.7. The van der Waals surface area contributed by atoms with Crippen LogP contribution in [0.2, 0.25) is 0 Å². The minimum absolute atomic E-state index is 0.0209. The number of fused-ring (bicyclic) bond motifs is 6. The van der Waals surface area contributed by atoms with Crippen molar-refractivity contribution in [2.75, 3.05) is 56.4 Å². The number of aliphatic carboxylic acids is 1. The van der Waals surface area contributed by atoms with Gasteiger partial charge in [0.15, 0.2) is 5.71 Å². The maximum absolute atomic E-state index is 12.7. The average Bonchev–Trinajstić information content (AvgIpc) is 3.68. The molecule has 2 unspecified atom stereocenters. The zero-order chi connectivity index (χ0) is 58.0. The molecule has 2 atom stereocenters. The van der Waals surface area contributed by atoms with Gasteiger partial charge in [-0.3, -0.25) is 9.35 Å². The van der Waals surface area contributed by atoms with Crippen LogP contribution in [-0.2, 0) is 85.8 Å². The molecule has 2 heterocycles. The molecule has 30 heteroatoms. The zero-order valence-corrected chi connectivity index (χ0v) is 46.9. The molecule has 0 fully saturated rings. The summed E-state index contributed by atoms with van der Waals surface area (Å²) in [5.74, 6) is -2.70. The molecule has 0 radical (unpaired) electrons. The Kier molecular flexibility index (Phi) is 18.8. The predicted octanol–water partition coefficient (Wildman–Crippen LogP) is 4.04. The van der Waals surface area contributed by atoms with Crippen LogP contribution in [0.5, 0.6) is 0 Å². The van der Waals surface area contributed by atoms with Crippen LogP contribution in [-0.4, -0.2) is 151 Å². The molecule has 0 spiro atoms. The molecule has 2 aliphatic heterocycles. The number of carboxylic acids is 1. The van der Waals surface area contributed by atoms with Crippen molar-refractivity contribution >= 4 is 105 Å². The summed E-state index contributed by atoms with van der Waals surface area (Å²) < 4.78 is 233. The fraction of sp³-hybridized carbons (Fsp3) is 0.417. The third kappa shape index (κ3) is 14.3. The lowest BCUT2D eigenvalue weighted by Crippen LogP contribution is -2.32. The van der Waals surface area contributed by atoms with E-state index in [1.807, 2.05) is 4.90 Å². The van der Waals surface area contributed by atoms with Crippen molar-refractivity contribution in [3.05, 3.63) is 95.7 Å². The van der Waals surface area contributed by atoms with Crippen LogP contribution >= 0.6 is 0 Å². The summed E-state index contributed by atoms with van der Waals surface area (Å²) in [4.78, 5) is 9.08. The molecule has 0 amide bonds. The summed E-state index contributed by atoms with van der Waals surface area (Å²) in [6.45, 7) is 3.61. The van der Waals surface area contributed by atoms with Gasteiger partial charge >= 0.3 is 5.97 Å². The normalized spacial score (nSPS) is 19.1. The van der Waals surface area contributed by atoms with E-state index in [0.29, 0.717) is 48.3 Å². The number of rotatable bonds is 27. The maximum atomic E-state index is 12.7. The number of nitrogens with zero attached hydrogens (tertiary/aromatic N) is 2. The minimum Gasteiger partial charge on any atom is -0.748 e. The molecular formula is C48H54N2O22S6-4. The first kappa shape index (κ1) is 62.1. The van der Waals surface area contributed by atoms with Gasteiger partial charge in [0.1, 0.15) is 47.0 Å². The van der Waals surface area contributed by atoms with Gasteiger partial charge in [-0.05, 0) is 110 Å². The Balaban J connectivity index is 1.59. The van der Waals surface area contributed by atoms with E-state index in [-0.39, 0.29) is 104 Å². The number of methoxy groups -OCH3 is 1. The lowest BCUT2D eigenvalue weighted by atomic mass is 9.74. The molecule has 2 N–H and O–H groups in total. The molecule has 24 nitrogen and oxygen atoms in total.